The number of carbonyl (C=O) groups is 1. The molecule has 0 spiro atoms. The van der Waals surface area contributed by atoms with Gasteiger partial charge in [0.1, 0.15) is 0 Å². The molecule has 0 unspecified atom stereocenters. The number of hydrogen-bond donors (Lipinski definition) is 2. The lowest BCUT2D eigenvalue weighted by Crippen LogP contribution is -2.35. The minimum atomic E-state index is -0.809. The quantitative estimate of drug-likeness (QED) is 0.838. The van der Waals surface area contributed by atoms with E-state index in [0.717, 1.165) is 42.0 Å². The number of aliphatic hydroxyl groups is 1. The van der Waals surface area contributed by atoms with Crippen LogP contribution >= 0.6 is 23.1 Å². The van der Waals surface area contributed by atoms with Crippen molar-refractivity contribution in [2.75, 3.05) is 11.6 Å². The van der Waals surface area contributed by atoms with Gasteiger partial charge in [-0.1, -0.05) is 30.6 Å². The number of thioether (sulfide) groups is 1. The topological polar surface area (TPSA) is 62.2 Å². The molecule has 1 aliphatic rings. The number of anilines is 1. The molecule has 1 aromatic heterocycles. The molecule has 0 radical (unpaired) electrons. The van der Waals surface area contributed by atoms with E-state index in [0.29, 0.717) is 5.13 Å². The third-order valence-electron chi connectivity index (χ3n) is 3.46. The summed E-state index contributed by atoms with van der Waals surface area (Å²) in [4.78, 5) is 16.3. The van der Waals surface area contributed by atoms with Crippen molar-refractivity contribution >= 4 is 34.1 Å². The predicted octanol–water partition coefficient (Wildman–Crippen LogP) is 3.20. The van der Waals surface area contributed by atoms with E-state index in [4.69, 9.17) is 0 Å². The predicted molar refractivity (Wildman–Crippen MR) is 79.9 cm³/mol. The zero-order valence-corrected chi connectivity index (χ0v) is 13.0. The molecule has 1 saturated carbocycles. The van der Waals surface area contributed by atoms with Gasteiger partial charge in [-0.05, 0) is 26.0 Å². The Morgan fingerprint density at radius 1 is 1.47 bits per heavy atom. The number of carbonyl (C=O) groups excluding carboxylic acids is 1. The number of rotatable bonds is 4. The summed E-state index contributed by atoms with van der Waals surface area (Å²) in [5, 5.41) is 13.8. The minimum Gasteiger partial charge on any atom is -0.389 e. The van der Waals surface area contributed by atoms with Crippen molar-refractivity contribution in [3.8, 4) is 0 Å². The summed E-state index contributed by atoms with van der Waals surface area (Å²) in [6, 6.07) is 0. The van der Waals surface area contributed by atoms with Crippen molar-refractivity contribution < 1.29 is 9.90 Å². The summed E-state index contributed by atoms with van der Waals surface area (Å²) < 4.78 is 1.12. The van der Waals surface area contributed by atoms with Gasteiger partial charge in [-0.2, -0.15) is 0 Å². The van der Waals surface area contributed by atoms with Gasteiger partial charge in [-0.3, -0.25) is 4.79 Å². The van der Waals surface area contributed by atoms with Gasteiger partial charge in [0.05, 0.1) is 21.9 Å². The zero-order valence-electron chi connectivity index (χ0n) is 11.4. The Hall–Kier alpha value is -0.590. The lowest BCUT2D eigenvalue weighted by molar-refractivity contribution is -0.122. The number of aryl methyl sites for hydroxylation is 1. The van der Waals surface area contributed by atoms with E-state index in [1.807, 2.05) is 13.2 Å². The fourth-order valence-electron chi connectivity index (χ4n) is 2.47. The summed E-state index contributed by atoms with van der Waals surface area (Å²) in [5.41, 5.74) is 0.140. The number of nitrogens with one attached hydrogen (secondary N) is 1. The van der Waals surface area contributed by atoms with E-state index >= 15 is 0 Å². The first-order valence-electron chi connectivity index (χ1n) is 6.56. The molecular formula is C13H20N2O2S2. The molecule has 0 aromatic carbocycles. The number of aromatic nitrogens is 1. The highest BCUT2D eigenvalue weighted by Gasteiger charge is 2.31. The molecule has 1 aliphatic carbocycles. The summed E-state index contributed by atoms with van der Waals surface area (Å²) in [7, 11) is 0. The second-order valence-electron chi connectivity index (χ2n) is 5.11. The maximum atomic E-state index is 12.0. The Balaban J connectivity index is 1.93. The van der Waals surface area contributed by atoms with Gasteiger partial charge in [0, 0.05) is 0 Å². The monoisotopic (exact) mass is 300 g/mol. The molecule has 1 aromatic rings. The van der Waals surface area contributed by atoms with Crippen molar-refractivity contribution in [1.82, 2.24) is 4.98 Å². The molecule has 2 rings (SSSR count). The van der Waals surface area contributed by atoms with Crippen LogP contribution in [0.2, 0.25) is 0 Å². The highest BCUT2D eigenvalue weighted by molar-refractivity contribution is 8.00. The Bertz CT molecular complexity index is 453. The van der Waals surface area contributed by atoms with Crippen molar-refractivity contribution in [2.45, 2.75) is 55.3 Å². The molecule has 0 aliphatic heterocycles. The van der Waals surface area contributed by atoms with Crippen LogP contribution in [0.25, 0.3) is 0 Å². The van der Waals surface area contributed by atoms with Crippen LogP contribution < -0.4 is 5.32 Å². The van der Waals surface area contributed by atoms with Gasteiger partial charge in [-0.25, -0.2) is 4.98 Å². The Morgan fingerprint density at radius 3 is 2.74 bits per heavy atom. The molecule has 1 heterocycles. The molecular weight excluding hydrogens is 280 g/mol. The van der Waals surface area contributed by atoms with Gasteiger partial charge < -0.3 is 10.4 Å². The van der Waals surface area contributed by atoms with Crippen LogP contribution in [-0.4, -0.2) is 27.9 Å². The van der Waals surface area contributed by atoms with Crippen LogP contribution in [0.5, 0.6) is 0 Å². The maximum Gasteiger partial charge on any atom is 0.229 e. The highest BCUT2D eigenvalue weighted by atomic mass is 32.2. The SMILES string of the molecule is CSc1sc(NC(=O)CC2(O)CCCCC2)nc1C. The van der Waals surface area contributed by atoms with Crippen LogP contribution in [0.15, 0.2) is 4.21 Å². The van der Waals surface area contributed by atoms with E-state index in [2.05, 4.69) is 10.3 Å². The molecule has 0 bridgehead atoms. The molecule has 6 heteroatoms. The number of thiazole rings is 1. The third kappa shape index (κ3) is 3.94. The van der Waals surface area contributed by atoms with Gasteiger partial charge in [0.2, 0.25) is 5.91 Å². The third-order valence-corrected chi connectivity index (χ3v) is 5.74. The van der Waals surface area contributed by atoms with Crippen molar-refractivity contribution in [2.24, 2.45) is 0 Å². The van der Waals surface area contributed by atoms with Gasteiger partial charge in [-0.15, -0.1) is 11.8 Å². The van der Waals surface area contributed by atoms with E-state index < -0.39 is 5.60 Å². The Labute approximate surface area is 122 Å². The molecule has 0 saturated heterocycles. The van der Waals surface area contributed by atoms with Gasteiger partial charge in [0.25, 0.3) is 0 Å². The lowest BCUT2D eigenvalue weighted by Gasteiger charge is -2.31. The summed E-state index contributed by atoms with van der Waals surface area (Å²) >= 11 is 3.12. The molecule has 106 valence electrons. The van der Waals surface area contributed by atoms with E-state index in [9.17, 15) is 9.90 Å². The standard InChI is InChI=1S/C13H20N2O2S2/c1-9-11(18-2)19-12(14-9)15-10(16)8-13(17)6-4-3-5-7-13/h17H,3-8H2,1-2H3,(H,14,15,16). The minimum absolute atomic E-state index is 0.134. The average molecular weight is 300 g/mol. The first kappa shape index (κ1) is 14.8. The second kappa shape index (κ2) is 6.24. The number of nitrogens with zero attached hydrogens (tertiary/aromatic N) is 1. The molecule has 1 fully saturated rings. The average Bonchev–Trinajstić information content (AvgIpc) is 2.69. The fraction of sp³-hybridized carbons (Fsp3) is 0.692. The molecule has 1 amide bonds. The Kier molecular flexibility index (Phi) is 4.86. The summed E-state index contributed by atoms with van der Waals surface area (Å²) in [6.07, 6.45) is 6.82. The first-order valence-corrected chi connectivity index (χ1v) is 8.60. The maximum absolute atomic E-state index is 12.0. The van der Waals surface area contributed by atoms with Crippen LogP contribution in [0.1, 0.15) is 44.2 Å². The summed E-state index contributed by atoms with van der Waals surface area (Å²) in [6.45, 7) is 1.94. The van der Waals surface area contributed by atoms with Crippen molar-refractivity contribution in [3.63, 3.8) is 0 Å². The largest absolute Gasteiger partial charge is 0.389 e. The number of hydrogen-bond acceptors (Lipinski definition) is 5. The fourth-order valence-corrected chi connectivity index (χ4v) is 4.10. The van der Waals surface area contributed by atoms with E-state index in [-0.39, 0.29) is 12.3 Å². The second-order valence-corrected chi connectivity index (χ2v) is 7.18. The number of amides is 1. The highest BCUT2D eigenvalue weighted by Crippen LogP contribution is 2.33. The van der Waals surface area contributed by atoms with E-state index in [1.54, 1.807) is 11.8 Å². The van der Waals surface area contributed by atoms with Gasteiger partial charge in [0.15, 0.2) is 5.13 Å². The van der Waals surface area contributed by atoms with Gasteiger partial charge >= 0.3 is 0 Å². The van der Waals surface area contributed by atoms with E-state index in [1.165, 1.54) is 11.3 Å². The molecule has 0 atom stereocenters. The zero-order chi connectivity index (χ0) is 13.9. The normalized spacial score (nSPS) is 18.3. The van der Waals surface area contributed by atoms with Crippen LogP contribution in [-0.2, 0) is 4.79 Å². The first-order chi connectivity index (χ1) is 9.02. The van der Waals surface area contributed by atoms with Crippen LogP contribution in [0, 0.1) is 6.92 Å². The van der Waals surface area contributed by atoms with Crippen LogP contribution in [0.3, 0.4) is 0 Å². The molecule has 2 N–H and O–H groups in total. The Morgan fingerprint density at radius 2 is 2.16 bits per heavy atom. The van der Waals surface area contributed by atoms with Crippen molar-refractivity contribution in [1.29, 1.82) is 0 Å². The lowest BCUT2D eigenvalue weighted by atomic mass is 9.82. The van der Waals surface area contributed by atoms with Crippen molar-refractivity contribution in [3.05, 3.63) is 5.69 Å². The molecule has 4 nitrogen and oxygen atoms in total. The molecule has 19 heavy (non-hydrogen) atoms. The van der Waals surface area contributed by atoms with Crippen LogP contribution in [0.4, 0.5) is 5.13 Å². The smallest absolute Gasteiger partial charge is 0.229 e. The summed E-state index contributed by atoms with van der Waals surface area (Å²) in [5.74, 6) is -0.134.